The highest BCUT2D eigenvalue weighted by molar-refractivity contribution is 5.87. The smallest absolute Gasteiger partial charge is 0.227 e. The van der Waals surface area contributed by atoms with Gasteiger partial charge in [0, 0.05) is 18.5 Å². The lowest BCUT2D eigenvalue weighted by Gasteiger charge is -2.42. The monoisotopic (exact) mass is 494 g/mol. The molecule has 0 heterocycles. The zero-order valence-electron chi connectivity index (χ0n) is 21.7. The number of hydrogen-bond donors (Lipinski definition) is 1. The van der Waals surface area contributed by atoms with Crippen LogP contribution in [0.2, 0.25) is 0 Å². The molecule has 2 aliphatic carbocycles. The molecule has 2 amide bonds. The Labute approximate surface area is 220 Å². The van der Waals surface area contributed by atoms with E-state index >= 15 is 0 Å². The molecule has 192 valence electrons. The van der Waals surface area contributed by atoms with Crippen LogP contribution in [-0.4, -0.2) is 29.3 Å². The lowest BCUT2D eigenvalue weighted by molar-refractivity contribution is -0.144. The Morgan fingerprint density at radius 1 is 0.784 bits per heavy atom. The SMILES string of the molecule is CCN(C(=O)[C@@H](Cc1ccccc1)C(Cc1ccccc1)C(N)=O)C1C2CCC(C2)C1c1ccccc1. The summed E-state index contributed by atoms with van der Waals surface area (Å²) < 4.78 is 0. The van der Waals surface area contributed by atoms with E-state index in [9.17, 15) is 9.59 Å². The van der Waals surface area contributed by atoms with Crippen LogP contribution in [-0.2, 0) is 22.4 Å². The zero-order valence-corrected chi connectivity index (χ0v) is 21.7. The van der Waals surface area contributed by atoms with Crippen LogP contribution in [0.25, 0.3) is 0 Å². The van der Waals surface area contributed by atoms with Crippen LogP contribution in [0, 0.1) is 23.7 Å². The Kier molecular flexibility index (Phi) is 7.73. The summed E-state index contributed by atoms with van der Waals surface area (Å²) in [6.07, 6.45) is 4.57. The fourth-order valence-corrected chi connectivity index (χ4v) is 7.16. The fraction of sp³-hybridized carbons (Fsp3) is 0.394. The number of nitrogens with zero attached hydrogens (tertiary/aromatic N) is 1. The minimum atomic E-state index is -0.571. The van der Waals surface area contributed by atoms with Crippen molar-refractivity contribution in [2.24, 2.45) is 29.4 Å². The summed E-state index contributed by atoms with van der Waals surface area (Å²) in [6.45, 7) is 2.72. The lowest BCUT2D eigenvalue weighted by atomic mass is 9.77. The Balaban J connectivity index is 1.50. The molecule has 2 bridgehead atoms. The molecule has 0 radical (unpaired) electrons. The number of nitrogens with two attached hydrogens (primary N) is 1. The maximum absolute atomic E-state index is 14.6. The maximum Gasteiger partial charge on any atom is 0.227 e. The van der Waals surface area contributed by atoms with E-state index in [0.717, 1.165) is 11.1 Å². The van der Waals surface area contributed by atoms with E-state index in [2.05, 4.69) is 42.2 Å². The molecule has 0 spiro atoms. The van der Waals surface area contributed by atoms with Gasteiger partial charge < -0.3 is 10.6 Å². The molecule has 2 N–H and O–H groups in total. The summed E-state index contributed by atoms with van der Waals surface area (Å²) in [4.78, 5) is 29.6. The Morgan fingerprint density at radius 3 is 1.84 bits per heavy atom. The number of fused-ring (bicyclic) bond motifs is 2. The number of primary amides is 1. The summed E-state index contributed by atoms with van der Waals surface area (Å²) in [5, 5.41) is 0. The van der Waals surface area contributed by atoms with E-state index in [1.165, 1.54) is 24.8 Å². The molecule has 2 fully saturated rings. The first-order valence-corrected chi connectivity index (χ1v) is 13.8. The Bertz CT molecular complexity index is 1180. The molecule has 5 rings (SSSR count). The first-order valence-electron chi connectivity index (χ1n) is 13.8. The standard InChI is InChI=1S/C33H38N2O2/c1-2-35(31-27-19-18-26(22-27)30(31)25-16-10-5-11-17-25)33(37)29(21-24-14-8-4-9-15-24)28(32(34)36)20-23-12-6-3-7-13-23/h3-17,26-31H,2,18-22H2,1H3,(H2,34,36)/t26?,27?,28?,29-,30?,31?/m0/s1. The van der Waals surface area contributed by atoms with Crippen LogP contribution in [0.5, 0.6) is 0 Å². The second-order valence-corrected chi connectivity index (χ2v) is 10.9. The summed E-state index contributed by atoms with van der Waals surface area (Å²) in [7, 11) is 0. The first-order chi connectivity index (χ1) is 18.1. The molecule has 4 heteroatoms. The molecule has 0 aromatic heterocycles. The largest absolute Gasteiger partial charge is 0.369 e. The van der Waals surface area contributed by atoms with Gasteiger partial charge in [-0.15, -0.1) is 0 Å². The lowest BCUT2D eigenvalue weighted by Crippen LogP contribution is -2.52. The van der Waals surface area contributed by atoms with Crippen molar-refractivity contribution in [3.8, 4) is 0 Å². The van der Waals surface area contributed by atoms with E-state index in [1.54, 1.807) is 0 Å². The number of rotatable bonds is 10. The minimum absolute atomic E-state index is 0.0737. The van der Waals surface area contributed by atoms with E-state index in [1.807, 2.05) is 60.7 Å². The highest BCUT2D eigenvalue weighted by Gasteiger charge is 2.52. The molecular formula is C33H38N2O2. The average molecular weight is 495 g/mol. The summed E-state index contributed by atoms with van der Waals surface area (Å²) in [5.41, 5.74) is 9.46. The molecular weight excluding hydrogens is 456 g/mol. The quantitative estimate of drug-likeness (QED) is 0.398. The topological polar surface area (TPSA) is 63.4 Å². The molecule has 2 saturated carbocycles. The van der Waals surface area contributed by atoms with Crippen molar-refractivity contribution in [1.29, 1.82) is 0 Å². The third-order valence-electron chi connectivity index (χ3n) is 8.81. The van der Waals surface area contributed by atoms with Gasteiger partial charge in [-0.2, -0.15) is 0 Å². The van der Waals surface area contributed by atoms with Crippen LogP contribution in [0.3, 0.4) is 0 Å². The van der Waals surface area contributed by atoms with Crippen molar-refractivity contribution < 1.29 is 9.59 Å². The fourth-order valence-electron chi connectivity index (χ4n) is 7.16. The van der Waals surface area contributed by atoms with Gasteiger partial charge in [-0.25, -0.2) is 0 Å². The summed E-state index contributed by atoms with van der Waals surface area (Å²) >= 11 is 0. The molecule has 2 aliphatic rings. The van der Waals surface area contributed by atoms with Crippen molar-refractivity contribution in [1.82, 2.24) is 4.90 Å². The number of likely N-dealkylation sites (N-methyl/N-ethyl adjacent to an activating group) is 1. The van der Waals surface area contributed by atoms with Gasteiger partial charge in [0.1, 0.15) is 0 Å². The second kappa shape index (κ2) is 11.3. The van der Waals surface area contributed by atoms with Gasteiger partial charge in [0.15, 0.2) is 0 Å². The van der Waals surface area contributed by atoms with Crippen LogP contribution in [0.4, 0.5) is 0 Å². The predicted molar refractivity (Wildman–Crippen MR) is 148 cm³/mol. The van der Waals surface area contributed by atoms with Crippen LogP contribution < -0.4 is 5.73 Å². The summed E-state index contributed by atoms with van der Waals surface area (Å²) in [6, 6.07) is 30.9. The van der Waals surface area contributed by atoms with Crippen molar-refractivity contribution in [3.05, 3.63) is 108 Å². The van der Waals surface area contributed by atoms with Crippen molar-refractivity contribution in [2.75, 3.05) is 6.54 Å². The Morgan fingerprint density at radius 2 is 1.30 bits per heavy atom. The number of hydrogen-bond acceptors (Lipinski definition) is 2. The Hall–Kier alpha value is -3.40. The highest BCUT2D eigenvalue weighted by atomic mass is 16.2. The number of benzene rings is 3. The van der Waals surface area contributed by atoms with Crippen LogP contribution in [0.15, 0.2) is 91.0 Å². The number of amides is 2. The molecule has 37 heavy (non-hydrogen) atoms. The van der Waals surface area contributed by atoms with Crippen molar-refractivity contribution in [3.63, 3.8) is 0 Å². The molecule has 5 unspecified atom stereocenters. The molecule has 3 aromatic rings. The van der Waals surface area contributed by atoms with E-state index in [0.29, 0.717) is 37.1 Å². The van der Waals surface area contributed by atoms with Crippen molar-refractivity contribution >= 4 is 11.8 Å². The van der Waals surface area contributed by atoms with E-state index in [-0.39, 0.29) is 11.9 Å². The predicted octanol–water partition coefficient (Wildman–Crippen LogP) is 5.62. The van der Waals surface area contributed by atoms with Gasteiger partial charge in [0.25, 0.3) is 0 Å². The number of carbonyl (C=O) groups excluding carboxylic acids is 2. The highest BCUT2D eigenvalue weighted by Crippen LogP contribution is 2.55. The van der Waals surface area contributed by atoms with Gasteiger partial charge >= 0.3 is 0 Å². The molecule has 0 aliphatic heterocycles. The minimum Gasteiger partial charge on any atom is -0.369 e. The van der Waals surface area contributed by atoms with Gasteiger partial charge in [0.2, 0.25) is 11.8 Å². The normalized spacial score (nSPS) is 23.9. The second-order valence-electron chi connectivity index (χ2n) is 10.9. The molecule has 3 aromatic carbocycles. The summed E-state index contributed by atoms with van der Waals surface area (Å²) in [5.74, 6) is 0.0721. The van der Waals surface area contributed by atoms with Crippen LogP contribution in [0.1, 0.15) is 48.8 Å². The zero-order chi connectivity index (χ0) is 25.8. The molecule has 4 nitrogen and oxygen atoms in total. The van der Waals surface area contributed by atoms with Crippen LogP contribution >= 0.6 is 0 Å². The van der Waals surface area contributed by atoms with Gasteiger partial charge in [-0.05, 0) is 67.6 Å². The molecule has 0 saturated heterocycles. The van der Waals surface area contributed by atoms with E-state index < -0.39 is 17.7 Å². The third-order valence-corrected chi connectivity index (χ3v) is 8.81. The number of carbonyl (C=O) groups is 2. The van der Waals surface area contributed by atoms with Gasteiger partial charge in [0.05, 0.1) is 11.8 Å². The average Bonchev–Trinajstić information content (AvgIpc) is 3.55. The molecule has 6 atom stereocenters. The first kappa shape index (κ1) is 25.3. The van der Waals surface area contributed by atoms with E-state index in [4.69, 9.17) is 5.73 Å². The van der Waals surface area contributed by atoms with Gasteiger partial charge in [-0.3, -0.25) is 9.59 Å². The van der Waals surface area contributed by atoms with Crippen molar-refractivity contribution in [2.45, 2.75) is 51.0 Å². The third kappa shape index (κ3) is 5.34. The maximum atomic E-state index is 14.6. The van der Waals surface area contributed by atoms with Gasteiger partial charge in [-0.1, -0.05) is 91.0 Å².